The first-order chi connectivity index (χ1) is 7.72. The molecule has 0 spiro atoms. The monoisotopic (exact) mass is 354 g/mol. The van der Waals surface area contributed by atoms with Gasteiger partial charge in [-0.1, -0.05) is 11.6 Å². The minimum Gasteiger partial charge on any atom is -0.383 e. The highest BCUT2D eigenvalue weighted by Gasteiger charge is 2.06. The standard InChI is InChI=1S/C11H22N4O.HI/c1-15-6-3-10(4-7-15)9-14-11(12)13-5-8-16-2;/h3H,4-9H2,1-2H3,(H3,12,13,14);1H. The lowest BCUT2D eigenvalue weighted by atomic mass is 10.1. The number of methoxy groups -OCH3 is 1. The molecule has 1 aliphatic rings. The fraction of sp³-hybridized carbons (Fsp3) is 0.727. The number of ether oxygens (including phenoxy) is 1. The van der Waals surface area contributed by atoms with Crippen LogP contribution in [-0.4, -0.2) is 57.8 Å². The quantitative estimate of drug-likeness (QED) is 0.247. The fourth-order valence-corrected chi connectivity index (χ4v) is 1.48. The number of nitrogens with two attached hydrogens (primary N) is 1. The maximum atomic E-state index is 5.70. The van der Waals surface area contributed by atoms with Crippen molar-refractivity contribution in [3.05, 3.63) is 11.6 Å². The predicted octanol–water partition coefficient (Wildman–Crippen LogP) is 0.417. The van der Waals surface area contributed by atoms with E-state index in [4.69, 9.17) is 10.5 Å². The molecule has 5 nitrogen and oxygen atoms in total. The summed E-state index contributed by atoms with van der Waals surface area (Å²) < 4.78 is 4.91. The van der Waals surface area contributed by atoms with Gasteiger partial charge in [0, 0.05) is 26.7 Å². The van der Waals surface area contributed by atoms with Gasteiger partial charge in [0.25, 0.3) is 0 Å². The van der Waals surface area contributed by atoms with Crippen molar-refractivity contribution < 1.29 is 4.74 Å². The number of nitrogens with zero attached hydrogens (tertiary/aromatic N) is 2. The number of guanidine groups is 1. The van der Waals surface area contributed by atoms with Crippen LogP contribution in [-0.2, 0) is 4.74 Å². The third-order valence-electron chi connectivity index (χ3n) is 2.57. The molecule has 17 heavy (non-hydrogen) atoms. The average molecular weight is 354 g/mol. The summed E-state index contributed by atoms with van der Waals surface area (Å²) in [6, 6.07) is 0. The smallest absolute Gasteiger partial charge is 0.188 e. The van der Waals surface area contributed by atoms with E-state index in [0.717, 1.165) is 19.5 Å². The Morgan fingerprint density at radius 3 is 3.00 bits per heavy atom. The van der Waals surface area contributed by atoms with Crippen LogP contribution >= 0.6 is 24.0 Å². The van der Waals surface area contributed by atoms with E-state index in [2.05, 4.69) is 28.3 Å². The molecule has 0 saturated carbocycles. The minimum atomic E-state index is 0. The van der Waals surface area contributed by atoms with Gasteiger partial charge in [0.2, 0.25) is 0 Å². The first-order valence-corrected chi connectivity index (χ1v) is 5.61. The molecule has 1 heterocycles. The van der Waals surface area contributed by atoms with Gasteiger partial charge in [-0.2, -0.15) is 0 Å². The van der Waals surface area contributed by atoms with Gasteiger partial charge in [-0.15, -0.1) is 24.0 Å². The summed E-state index contributed by atoms with van der Waals surface area (Å²) in [6.45, 7) is 4.18. The zero-order chi connectivity index (χ0) is 11.8. The first-order valence-electron chi connectivity index (χ1n) is 5.61. The Bertz CT molecular complexity index is 268. The van der Waals surface area contributed by atoms with Gasteiger partial charge in [0.15, 0.2) is 5.96 Å². The molecule has 0 atom stereocenters. The van der Waals surface area contributed by atoms with E-state index in [1.165, 1.54) is 5.57 Å². The van der Waals surface area contributed by atoms with Crippen molar-refractivity contribution in [3.63, 3.8) is 0 Å². The Kier molecular flexibility index (Phi) is 9.47. The number of hydrogen-bond donors (Lipinski definition) is 2. The third-order valence-corrected chi connectivity index (χ3v) is 2.57. The van der Waals surface area contributed by atoms with Crippen molar-refractivity contribution in [2.75, 3.05) is 46.9 Å². The topological polar surface area (TPSA) is 62.9 Å². The number of hydrogen-bond acceptors (Lipinski definition) is 3. The first kappa shape index (κ1) is 16.7. The van der Waals surface area contributed by atoms with Gasteiger partial charge in [-0.3, -0.25) is 0 Å². The molecule has 0 bridgehead atoms. The molecular weight excluding hydrogens is 331 g/mol. The number of likely N-dealkylation sites (N-methyl/N-ethyl adjacent to an activating group) is 1. The van der Waals surface area contributed by atoms with Crippen LogP contribution in [0.4, 0.5) is 0 Å². The Morgan fingerprint density at radius 1 is 1.65 bits per heavy atom. The molecule has 0 saturated heterocycles. The van der Waals surface area contributed by atoms with Crippen molar-refractivity contribution in [2.24, 2.45) is 10.7 Å². The third kappa shape index (κ3) is 7.56. The summed E-state index contributed by atoms with van der Waals surface area (Å²) >= 11 is 0. The van der Waals surface area contributed by atoms with Crippen molar-refractivity contribution >= 4 is 29.9 Å². The lowest BCUT2D eigenvalue weighted by molar-refractivity contribution is 0.204. The van der Waals surface area contributed by atoms with E-state index in [9.17, 15) is 0 Å². The maximum absolute atomic E-state index is 5.70. The van der Waals surface area contributed by atoms with Gasteiger partial charge < -0.3 is 20.7 Å². The van der Waals surface area contributed by atoms with Crippen molar-refractivity contribution in [3.8, 4) is 0 Å². The van der Waals surface area contributed by atoms with E-state index in [1.807, 2.05) is 0 Å². The summed E-state index contributed by atoms with van der Waals surface area (Å²) in [6.07, 6.45) is 3.32. The highest BCUT2D eigenvalue weighted by molar-refractivity contribution is 14.0. The Morgan fingerprint density at radius 2 is 2.41 bits per heavy atom. The van der Waals surface area contributed by atoms with Gasteiger partial charge in [0.05, 0.1) is 13.2 Å². The molecular formula is C11H23IN4O. The molecule has 0 fully saturated rings. The zero-order valence-electron chi connectivity index (χ0n) is 10.6. The molecule has 3 N–H and O–H groups in total. The number of nitrogens with one attached hydrogen (secondary N) is 1. The Labute approximate surface area is 120 Å². The summed E-state index contributed by atoms with van der Waals surface area (Å²) in [4.78, 5) is 6.57. The minimum absolute atomic E-state index is 0. The van der Waals surface area contributed by atoms with Crippen LogP contribution in [0.1, 0.15) is 6.42 Å². The van der Waals surface area contributed by atoms with Crippen LogP contribution in [0.2, 0.25) is 0 Å². The predicted molar refractivity (Wildman–Crippen MR) is 82.0 cm³/mol. The van der Waals surface area contributed by atoms with Gasteiger partial charge in [-0.25, -0.2) is 4.99 Å². The summed E-state index contributed by atoms with van der Waals surface area (Å²) in [5.74, 6) is 0.497. The van der Waals surface area contributed by atoms with Crippen LogP contribution in [0.15, 0.2) is 16.6 Å². The summed E-state index contributed by atoms with van der Waals surface area (Å²) in [5, 5.41) is 3.00. The Hall–Kier alpha value is -0.340. The molecule has 0 unspecified atom stereocenters. The molecule has 0 radical (unpaired) electrons. The molecule has 0 aliphatic carbocycles. The zero-order valence-corrected chi connectivity index (χ0v) is 12.9. The second kappa shape index (κ2) is 9.67. The van der Waals surface area contributed by atoms with Crippen molar-refractivity contribution in [2.45, 2.75) is 6.42 Å². The van der Waals surface area contributed by atoms with E-state index in [-0.39, 0.29) is 24.0 Å². The molecule has 0 aromatic heterocycles. The van der Waals surface area contributed by atoms with Gasteiger partial charge in [0.1, 0.15) is 0 Å². The van der Waals surface area contributed by atoms with E-state index in [1.54, 1.807) is 7.11 Å². The lowest BCUT2D eigenvalue weighted by Crippen LogP contribution is -2.34. The van der Waals surface area contributed by atoms with Crippen LogP contribution in [0.5, 0.6) is 0 Å². The van der Waals surface area contributed by atoms with Crippen LogP contribution in [0.25, 0.3) is 0 Å². The molecule has 0 aromatic rings. The number of rotatable bonds is 5. The normalized spacial score (nSPS) is 17.3. The lowest BCUT2D eigenvalue weighted by Gasteiger charge is -2.21. The fourth-order valence-electron chi connectivity index (χ4n) is 1.48. The van der Waals surface area contributed by atoms with Gasteiger partial charge in [-0.05, 0) is 13.5 Å². The SMILES string of the molecule is COCCNC(N)=NCC1=CCN(C)CC1.I. The number of halogens is 1. The van der Waals surface area contributed by atoms with Gasteiger partial charge >= 0.3 is 0 Å². The van der Waals surface area contributed by atoms with Crippen LogP contribution in [0.3, 0.4) is 0 Å². The molecule has 100 valence electrons. The highest BCUT2D eigenvalue weighted by atomic mass is 127. The molecule has 1 aliphatic heterocycles. The van der Waals surface area contributed by atoms with Crippen molar-refractivity contribution in [1.29, 1.82) is 0 Å². The maximum Gasteiger partial charge on any atom is 0.188 e. The second-order valence-electron chi connectivity index (χ2n) is 4.00. The summed E-state index contributed by atoms with van der Waals surface area (Å²) in [7, 11) is 3.79. The molecule has 0 amide bonds. The Balaban J connectivity index is 0.00000256. The average Bonchev–Trinajstić information content (AvgIpc) is 2.29. The molecule has 0 aromatic carbocycles. The molecule has 6 heteroatoms. The van der Waals surface area contributed by atoms with Crippen LogP contribution in [0, 0.1) is 0 Å². The highest BCUT2D eigenvalue weighted by Crippen LogP contribution is 2.08. The second-order valence-corrected chi connectivity index (χ2v) is 4.00. The summed E-state index contributed by atoms with van der Waals surface area (Å²) in [5.41, 5.74) is 7.07. The van der Waals surface area contributed by atoms with E-state index < -0.39 is 0 Å². The van der Waals surface area contributed by atoms with E-state index >= 15 is 0 Å². The van der Waals surface area contributed by atoms with E-state index in [0.29, 0.717) is 25.7 Å². The van der Waals surface area contributed by atoms with Crippen LogP contribution < -0.4 is 11.1 Å². The largest absolute Gasteiger partial charge is 0.383 e. The molecule has 1 rings (SSSR count). The number of aliphatic imine (C=N–C) groups is 1. The van der Waals surface area contributed by atoms with Crippen molar-refractivity contribution in [1.82, 2.24) is 10.2 Å².